The van der Waals surface area contributed by atoms with Crippen molar-refractivity contribution in [1.29, 1.82) is 0 Å². The van der Waals surface area contributed by atoms with Crippen LogP contribution in [0.25, 0.3) is 0 Å². The van der Waals surface area contributed by atoms with Crippen LogP contribution in [0.15, 0.2) is 40.8 Å². The minimum Gasteiger partial charge on any atom is -0.466 e. The number of likely N-dealkylation sites (tertiary alicyclic amines) is 1. The third kappa shape index (κ3) is 4.77. The molecular formula is C27H36N2O3. The zero-order valence-corrected chi connectivity index (χ0v) is 20.1. The zero-order chi connectivity index (χ0) is 23.1. The SMILES string of the molecule is Cc1cc(C(=O)N(CCC(=O)N2CC3(C)CC2CC(C)(C)C3)Cc2ccccc2)c(C)o1. The molecule has 2 aliphatic rings. The number of furan rings is 1. The van der Waals surface area contributed by atoms with Crippen LogP contribution in [0.3, 0.4) is 0 Å². The highest BCUT2D eigenvalue weighted by atomic mass is 16.3. The van der Waals surface area contributed by atoms with E-state index in [1.165, 1.54) is 0 Å². The smallest absolute Gasteiger partial charge is 0.257 e. The molecule has 2 bridgehead atoms. The topological polar surface area (TPSA) is 53.8 Å². The monoisotopic (exact) mass is 436 g/mol. The van der Waals surface area contributed by atoms with E-state index in [-0.39, 0.29) is 22.6 Å². The highest BCUT2D eigenvalue weighted by Crippen LogP contribution is 2.52. The van der Waals surface area contributed by atoms with Crippen LogP contribution in [0, 0.1) is 24.7 Å². The first kappa shape index (κ1) is 22.6. The lowest BCUT2D eigenvalue weighted by Crippen LogP contribution is -2.40. The van der Waals surface area contributed by atoms with Gasteiger partial charge in [0.1, 0.15) is 11.5 Å². The normalized spacial score (nSPS) is 23.9. The van der Waals surface area contributed by atoms with Crippen molar-refractivity contribution in [1.82, 2.24) is 9.80 Å². The number of benzene rings is 1. The van der Waals surface area contributed by atoms with Gasteiger partial charge in [-0.1, -0.05) is 51.1 Å². The molecule has 5 heteroatoms. The van der Waals surface area contributed by atoms with Gasteiger partial charge in [0.15, 0.2) is 0 Å². The second-order valence-electron chi connectivity index (χ2n) is 11.0. The summed E-state index contributed by atoms with van der Waals surface area (Å²) in [6.07, 6.45) is 3.68. The molecule has 5 nitrogen and oxygen atoms in total. The number of aryl methyl sites for hydroxylation is 2. The van der Waals surface area contributed by atoms with Crippen LogP contribution >= 0.6 is 0 Å². The number of carbonyl (C=O) groups is 2. The summed E-state index contributed by atoms with van der Waals surface area (Å²) >= 11 is 0. The van der Waals surface area contributed by atoms with Crippen molar-refractivity contribution in [3.63, 3.8) is 0 Å². The van der Waals surface area contributed by atoms with Crippen molar-refractivity contribution in [3.05, 3.63) is 59.0 Å². The fourth-order valence-electron chi connectivity index (χ4n) is 6.20. The first-order valence-electron chi connectivity index (χ1n) is 11.7. The number of hydrogen-bond acceptors (Lipinski definition) is 3. The Morgan fingerprint density at radius 2 is 1.84 bits per heavy atom. The highest BCUT2D eigenvalue weighted by Gasteiger charge is 2.50. The molecule has 1 aromatic heterocycles. The summed E-state index contributed by atoms with van der Waals surface area (Å²) in [5.41, 5.74) is 2.13. The predicted molar refractivity (Wildman–Crippen MR) is 125 cm³/mol. The molecule has 2 aromatic rings. The summed E-state index contributed by atoms with van der Waals surface area (Å²) in [7, 11) is 0. The largest absolute Gasteiger partial charge is 0.466 e. The van der Waals surface area contributed by atoms with Crippen molar-refractivity contribution in [3.8, 4) is 0 Å². The molecule has 2 heterocycles. The van der Waals surface area contributed by atoms with Crippen molar-refractivity contribution in [2.45, 2.75) is 72.9 Å². The van der Waals surface area contributed by atoms with Gasteiger partial charge in [-0.2, -0.15) is 0 Å². The average molecular weight is 437 g/mol. The van der Waals surface area contributed by atoms with Gasteiger partial charge in [0, 0.05) is 32.1 Å². The molecule has 1 aliphatic heterocycles. The molecule has 0 spiro atoms. The van der Waals surface area contributed by atoms with E-state index in [0.29, 0.717) is 36.9 Å². The van der Waals surface area contributed by atoms with E-state index in [1.807, 2.05) is 44.2 Å². The maximum atomic E-state index is 13.4. The van der Waals surface area contributed by atoms with Gasteiger partial charge in [-0.25, -0.2) is 0 Å². The van der Waals surface area contributed by atoms with Gasteiger partial charge in [-0.15, -0.1) is 0 Å². The molecule has 2 atom stereocenters. The summed E-state index contributed by atoms with van der Waals surface area (Å²) < 4.78 is 5.60. The molecule has 1 aliphatic carbocycles. The number of hydrogen-bond donors (Lipinski definition) is 0. The Labute approximate surface area is 191 Å². The van der Waals surface area contributed by atoms with Crippen molar-refractivity contribution in [2.24, 2.45) is 10.8 Å². The highest BCUT2D eigenvalue weighted by molar-refractivity contribution is 5.95. The molecule has 32 heavy (non-hydrogen) atoms. The van der Waals surface area contributed by atoms with Crippen molar-refractivity contribution >= 4 is 11.8 Å². The van der Waals surface area contributed by atoms with E-state index in [9.17, 15) is 9.59 Å². The molecule has 0 radical (unpaired) electrons. The number of rotatable bonds is 6. The molecular weight excluding hydrogens is 400 g/mol. The minimum atomic E-state index is -0.0794. The number of carbonyl (C=O) groups excluding carboxylic acids is 2. The standard InChI is InChI=1S/C27H36N2O3/c1-19-13-23(20(2)32-19)25(31)28(16-21-9-7-6-8-10-21)12-11-24(30)29-18-27(5)15-22(29)14-26(3,4)17-27/h6-10,13,22H,11-12,14-18H2,1-5H3. The summed E-state index contributed by atoms with van der Waals surface area (Å²) in [4.78, 5) is 30.6. The van der Waals surface area contributed by atoms with Crippen LogP contribution in [0.5, 0.6) is 0 Å². The van der Waals surface area contributed by atoms with Crippen LogP contribution in [0.1, 0.15) is 73.9 Å². The van der Waals surface area contributed by atoms with Crippen LogP contribution in [0.2, 0.25) is 0 Å². The van der Waals surface area contributed by atoms with Crippen LogP contribution in [0.4, 0.5) is 0 Å². The molecule has 2 fully saturated rings. The van der Waals surface area contributed by atoms with Gasteiger partial charge in [0.05, 0.1) is 5.56 Å². The molecule has 1 aromatic carbocycles. The lowest BCUT2D eigenvalue weighted by Gasteiger charge is -2.39. The van der Waals surface area contributed by atoms with E-state index in [4.69, 9.17) is 4.42 Å². The summed E-state index contributed by atoms with van der Waals surface area (Å²) in [5, 5.41) is 0. The van der Waals surface area contributed by atoms with E-state index < -0.39 is 0 Å². The molecule has 172 valence electrons. The second kappa shape index (κ2) is 8.42. The lowest BCUT2D eigenvalue weighted by molar-refractivity contribution is -0.132. The Hall–Kier alpha value is -2.56. The van der Waals surface area contributed by atoms with E-state index >= 15 is 0 Å². The quantitative estimate of drug-likeness (QED) is 0.613. The molecule has 1 saturated carbocycles. The Morgan fingerprint density at radius 3 is 2.50 bits per heavy atom. The predicted octanol–water partition coefficient (Wildman–Crippen LogP) is 5.36. The van der Waals surface area contributed by atoms with Gasteiger partial charge < -0.3 is 14.2 Å². The maximum absolute atomic E-state index is 13.4. The maximum Gasteiger partial charge on any atom is 0.257 e. The molecule has 1 saturated heterocycles. The zero-order valence-electron chi connectivity index (χ0n) is 20.1. The Balaban J connectivity index is 1.48. The second-order valence-corrected chi connectivity index (χ2v) is 11.0. The Bertz CT molecular complexity index is 994. The number of fused-ring (bicyclic) bond motifs is 2. The fourth-order valence-corrected chi connectivity index (χ4v) is 6.20. The summed E-state index contributed by atoms with van der Waals surface area (Å²) in [5.74, 6) is 1.44. The first-order chi connectivity index (χ1) is 15.1. The van der Waals surface area contributed by atoms with E-state index in [1.54, 1.807) is 11.0 Å². The summed E-state index contributed by atoms with van der Waals surface area (Å²) in [6, 6.07) is 12.1. The average Bonchev–Trinajstić information content (AvgIpc) is 3.18. The Morgan fingerprint density at radius 1 is 1.12 bits per heavy atom. The molecule has 2 amide bonds. The van der Waals surface area contributed by atoms with Crippen LogP contribution < -0.4 is 0 Å². The van der Waals surface area contributed by atoms with E-state index in [2.05, 4.69) is 25.7 Å². The molecule has 2 unspecified atom stereocenters. The third-order valence-electron chi connectivity index (χ3n) is 7.11. The first-order valence-corrected chi connectivity index (χ1v) is 11.7. The van der Waals surface area contributed by atoms with Gasteiger partial charge >= 0.3 is 0 Å². The van der Waals surface area contributed by atoms with Gasteiger partial charge in [0.2, 0.25) is 5.91 Å². The van der Waals surface area contributed by atoms with Crippen molar-refractivity contribution in [2.75, 3.05) is 13.1 Å². The van der Waals surface area contributed by atoms with Gasteiger partial charge in [-0.3, -0.25) is 9.59 Å². The number of amides is 2. The Kier molecular flexibility index (Phi) is 5.95. The molecule has 0 N–H and O–H groups in total. The molecule has 4 rings (SSSR count). The minimum absolute atomic E-state index is 0.0794. The van der Waals surface area contributed by atoms with Crippen LogP contribution in [-0.2, 0) is 11.3 Å². The van der Waals surface area contributed by atoms with Gasteiger partial charge in [0.25, 0.3) is 5.91 Å². The van der Waals surface area contributed by atoms with E-state index in [0.717, 1.165) is 37.1 Å². The lowest BCUT2D eigenvalue weighted by atomic mass is 9.65. The third-order valence-corrected chi connectivity index (χ3v) is 7.11. The van der Waals surface area contributed by atoms with Gasteiger partial charge in [-0.05, 0) is 55.6 Å². The summed E-state index contributed by atoms with van der Waals surface area (Å²) in [6.45, 7) is 12.4. The van der Waals surface area contributed by atoms with Crippen molar-refractivity contribution < 1.29 is 14.0 Å². The van der Waals surface area contributed by atoms with Crippen LogP contribution in [-0.4, -0.2) is 40.7 Å². The number of nitrogens with zero attached hydrogens (tertiary/aromatic N) is 2. The fraction of sp³-hybridized carbons (Fsp3) is 0.556.